The fourth-order valence-electron chi connectivity index (χ4n) is 4.22. The molecule has 6 rings (SSSR count). The molecule has 0 atom stereocenters. The lowest BCUT2D eigenvalue weighted by Crippen LogP contribution is -2.37. The SMILES string of the molecule is C1=C(CN2CCc3ccccc3C2)c2nc(-c3ccco3)nn2C2=NCCN12. The quantitative estimate of drug-likeness (QED) is 0.707. The van der Waals surface area contributed by atoms with E-state index in [0.717, 1.165) is 50.9 Å². The van der Waals surface area contributed by atoms with Crippen LogP contribution >= 0.6 is 0 Å². The highest BCUT2D eigenvalue weighted by molar-refractivity contribution is 5.91. The number of benzene rings is 1. The Balaban J connectivity index is 1.34. The molecule has 5 heterocycles. The fraction of sp³-hybridized carbons (Fsp3) is 0.286. The second-order valence-corrected chi connectivity index (χ2v) is 7.41. The predicted molar refractivity (Wildman–Crippen MR) is 106 cm³/mol. The Labute approximate surface area is 162 Å². The van der Waals surface area contributed by atoms with Gasteiger partial charge in [-0.1, -0.05) is 24.3 Å². The molecule has 2 aromatic heterocycles. The molecule has 0 amide bonds. The third-order valence-corrected chi connectivity index (χ3v) is 5.59. The first-order valence-corrected chi connectivity index (χ1v) is 9.68. The van der Waals surface area contributed by atoms with Crippen LogP contribution in [0.2, 0.25) is 0 Å². The average Bonchev–Trinajstić information content (AvgIpc) is 3.46. The van der Waals surface area contributed by atoms with E-state index < -0.39 is 0 Å². The summed E-state index contributed by atoms with van der Waals surface area (Å²) in [5.41, 5.74) is 4.06. The van der Waals surface area contributed by atoms with Gasteiger partial charge >= 0.3 is 0 Å². The van der Waals surface area contributed by atoms with Crippen molar-refractivity contribution in [2.75, 3.05) is 26.2 Å². The Bertz CT molecular complexity index is 1090. The van der Waals surface area contributed by atoms with Crippen LogP contribution in [0.25, 0.3) is 17.2 Å². The zero-order valence-corrected chi connectivity index (χ0v) is 15.5. The highest BCUT2D eigenvalue weighted by Crippen LogP contribution is 2.28. The molecule has 0 radical (unpaired) electrons. The van der Waals surface area contributed by atoms with E-state index in [0.29, 0.717) is 11.6 Å². The maximum Gasteiger partial charge on any atom is 0.228 e. The van der Waals surface area contributed by atoms with E-state index in [4.69, 9.17) is 14.5 Å². The van der Waals surface area contributed by atoms with E-state index in [2.05, 4.69) is 45.3 Å². The first kappa shape index (κ1) is 15.8. The Morgan fingerprint density at radius 3 is 2.86 bits per heavy atom. The van der Waals surface area contributed by atoms with Crippen molar-refractivity contribution in [2.45, 2.75) is 13.0 Å². The van der Waals surface area contributed by atoms with Gasteiger partial charge in [0.25, 0.3) is 0 Å². The number of fused-ring (bicyclic) bond motifs is 4. The van der Waals surface area contributed by atoms with Crippen molar-refractivity contribution in [1.29, 1.82) is 0 Å². The van der Waals surface area contributed by atoms with Crippen LogP contribution in [0, 0.1) is 0 Å². The number of rotatable bonds is 3. The van der Waals surface area contributed by atoms with Crippen LogP contribution in [0.15, 0.2) is 58.3 Å². The van der Waals surface area contributed by atoms with Gasteiger partial charge in [-0.25, -0.2) is 9.98 Å². The van der Waals surface area contributed by atoms with Gasteiger partial charge < -0.3 is 9.32 Å². The lowest BCUT2D eigenvalue weighted by molar-refractivity contribution is 0.284. The third-order valence-electron chi connectivity index (χ3n) is 5.59. The number of nitrogens with zero attached hydrogens (tertiary/aromatic N) is 6. The van der Waals surface area contributed by atoms with E-state index in [1.165, 1.54) is 16.7 Å². The van der Waals surface area contributed by atoms with Gasteiger partial charge in [-0.15, -0.1) is 5.10 Å². The molecule has 3 aromatic rings. The van der Waals surface area contributed by atoms with Crippen molar-refractivity contribution < 1.29 is 4.42 Å². The number of aromatic nitrogens is 3. The van der Waals surface area contributed by atoms with Crippen molar-refractivity contribution in [2.24, 2.45) is 4.99 Å². The molecule has 7 heteroatoms. The standard InChI is InChI=1S/C21H20N6O/c1-2-5-16-12-25(9-7-15(16)4-1)13-17-14-26-10-8-22-21(26)27-20(17)23-19(24-27)18-6-3-11-28-18/h1-6,11,14H,7-10,12-13H2. The van der Waals surface area contributed by atoms with Crippen LogP contribution in [-0.4, -0.2) is 56.7 Å². The Morgan fingerprint density at radius 1 is 1.04 bits per heavy atom. The molecule has 7 nitrogen and oxygen atoms in total. The third kappa shape index (κ3) is 2.51. The molecule has 3 aliphatic heterocycles. The first-order valence-electron chi connectivity index (χ1n) is 9.68. The monoisotopic (exact) mass is 372 g/mol. The van der Waals surface area contributed by atoms with Crippen LogP contribution in [0.1, 0.15) is 17.0 Å². The minimum absolute atomic E-state index is 0.603. The van der Waals surface area contributed by atoms with Crippen molar-refractivity contribution >= 4 is 11.5 Å². The molecule has 0 aliphatic carbocycles. The largest absolute Gasteiger partial charge is 0.461 e. The molecular weight excluding hydrogens is 352 g/mol. The molecule has 140 valence electrons. The minimum atomic E-state index is 0.603. The Morgan fingerprint density at radius 2 is 1.96 bits per heavy atom. The van der Waals surface area contributed by atoms with Gasteiger partial charge in [0.2, 0.25) is 11.8 Å². The van der Waals surface area contributed by atoms with Crippen molar-refractivity contribution in [3.8, 4) is 11.6 Å². The highest BCUT2D eigenvalue weighted by Gasteiger charge is 2.31. The summed E-state index contributed by atoms with van der Waals surface area (Å²) in [4.78, 5) is 14.1. The van der Waals surface area contributed by atoms with Crippen molar-refractivity contribution in [3.63, 3.8) is 0 Å². The molecule has 0 saturated heterocycles. The van der Waals surface area contributed by atoms with E-state index >= 15 is 0 Å². The topological polar surface area (TPSA) is 62.7 Å². The summed E-state index contributed by atoms with van der Waals surface area (Å²) in [6, 6.07) is 12.5. The van der Waals surface area contributed by atoms with Crippen LogP contribution < -0.4 is 0 Å². The summed E-state index contributed by atoms with van der Waals surface area (Å²) < 4.78 is 7.38. The molecule has 0 spiro atoms. The van der Waals surface area contributed by atoms with Crippen LogP contribution in [0.4, 0.5) is 0 Å². The van der Waals surface area contributed by atoms with Crippen LogP contribution in [0.3, 0.4) is 0 Å². The second kappa shape index (κ2) is 6.17. The molecule has 0 fully saturated rings. The second-order valence-electron chi connectivity index (χ2n) is 7.41. The highest BCUT2D eigenvalue weighted by atomic mass is 16.3. The predicted octanol–water partition coefficient (Wildman–Crippen LogP) is 2.47. The zero-order valence-electron chi connectivity index (χ0n) is 15.5. The van der Waals surface area contributed by atoms with Crippen molar-refractivity contribution in [3.05, 3.63) is 65.8 Å². The molecule has 0 saturated carbocycles. The number of hydrogen-bond acceptors (Lipinski definition) is 6. The summed E-state index contributed by atoms with van der Waals surface area (Å²) in [5, 5.41) is 4.70. The summed E-state index contributed by atoms with van der Waals surface area (Å²) in [6.07, 6.45) is 4.93. The molecule has 3 aliphatic rings. The van der Waals surface area contributed by atoms with E-state index in [9.17, 15) is 0 Å². The molecular formula is C21H20N6O. The van der Waals surface area contributed by atoms with E-state index in [1.807, 2.05) is 16.8 Å². The van der Waals surface area contributed by atoms with Gasteiger partial charge in [-0.3, -0.25) is 4.90 Å². The lowest BCUT2D eigenvalue weighted by Gasteiger charge is -2.31. The Hall–Kier alpha value is -3.19. The van der Waals surface area contributed by atoms with Gasteiger partial charge in [0.1, 0.15) is 0 Å². The normalized spacial score (nSPS) is 18.4. The summed E-state index contributed by atoms with van der Waals surface area (Å²) >= 11 is 0. The van der Waals surface area contributed by atoms with Crippen molar-refractivity contribution in [1.82, 2.24) is 24.6 Å². The lowest BCUT2D eigenvalue weighted by atomic mass is 9.99. The number of furan rings is 1. The first-order chi connectivity index (χ1) is 13.8. The minimum Gasteiger partial charge on any atom is -0.461 e. The average molecular weight is 372 g/mol. The fourth-order valence-corrected chi connectivity index (χ4v) is 4.22. The van der Waals surface area contributed by atoms with Gasteiger partial charge in [-0.2, -0.15) is 4.68 Å². The number of hydrogen-bond donors (Lipinski definition) is 0. The maximum atomic E-state index is 5.51. The van der Waals surface area contributed by atoms with Gasteiger partial charge in [0.15, 0.2) is 11.6 Å². The molecule has 1 aromatic carbocycles. The molecule has 0 unspecified atom stereocenters. The van der Waals surface area contributed by atoms with Crippen LogP contribution in [0.5, 0.6) is 0 Å². The maximum absolute atomic E-state index is 5.51. The molecule has 0 bridgehead atoms. The summed E-state index contributed by atoms with van der Waals surface area (Å²) in [7, 11) is 0. The number of aliphatic imine (C=N–C) groups is 1. The van der Waals surface area contributed by atoms with Gasteiger partial charge in [-0.05, 0) is 29.7 Å². The smallest absolute Gasteiger partial charge is 0.228 e. The van der Waals surface area contributed by atoms with Gasteiger partial charge in [0.05, 0.1) is 12.8 Å². The summed E-state index contributed by atoms with van der Waals surface area (Å²) in [5.74, 6) is 3.00. The molecule has 28 heavy (non-hydrogen) atoms. The summed E-state index contributed by atoms with van der Waals surface area (Å²) in [6.45, 7) is 4.53. The molecule has 0 N–H and O–H groups in total. The van der Waals surface area contributed by atoms with E-state index in [1.54, 1.807) is 6.26 Å². The Kier molecular flexibility index (Phi) is 3.49. The van der Waals surface area contributed by atoms with Crippen LogP contribution in [-0.2, 0) is 13.0 Å². The van der Waals surface area contributed by atoms with E-state index in [-0.39, 0.29) is 0 Å². The van der Waals surface area contributed by atoms with Gasteiger partial charge in [0, 0.05) is 38.0 Å². The zero-order chi connectivity index (χ0) is 18.5.